The van der Waals surface area contributed by atoms with E-state index in [1.807, 2.05) is 0 Å². The molecule has 0 fully saturated rings. The molecule has 0 bridgehead atoms. The molecule has 0 amide bonds. The Morgan fingerprint density at radius 3 is 0.929 bits per heavy atom. The summed E-state index contributed by atoms with van der Waals surface area (Å²) in [6, 6.07) is 0. The number of aliphatic hydroxyl groups excluding tert-OH is 4. The minimum absolute atomic E-state index is 0.174. The molecule has 88 valence electrons. The summed E-state index contributed by atoms with van der Waals surface area (Å²) in [5.41, 5.74) is 0. The van der Waals surface area contributed by atoms with Crippen molar-refractivity contribution in [1.82, 2.24) is 0 Å². The average molecular weight is 228 g/mol. The molecule has 0 heterocycles. The zero-order valence-electron chi connectivity index (χ0n) is 8.34. The third-order valence-corrected chi connectivity index (χ3v) is 8.09. The fourth-order valence-corrected chi connectivity index (χ4v) is 5.09. The van der Waals surface area contributed by atoms with E-state index in [-0.39, 0.29) is 51.1 Å². The zero-order valence-corrected chi connectivity index (χ0v) is 9.23. The molecular weight excluding hydrogens is 207 g/mol. The van der Waals surface area contributed by atoms with Crippen LogP contribution in [0.25, 0.3) is 0 Å². The van der Waals surface area contributed by atoms with Crippen molar-refractivity contribution in [3.63, 3.8) is 0 Å². The first kappa shape index (κ1) is 14.2. The molecule has 5 N–H and O–H groups in total. The number of hydrogen-bond acceptors (Lipinski definition) is 5. The Bertz CT molecular complexity index is 128. The molecular formula is C8H21O5P. The molecule has 0 aliphatic carbocycles. The molecule has 0 unspecified atom stereocenters. The topological polar surface area (TPSA) is 101 Å². The van der Waals surface area contributed by atoms with Gasteiger partial charge < -0.3 is 0 Å². The van der Waals surface area contributed by atoms with Crippen molar-refractivity contribution in [3.8, 4) is 0 Å². The van der Waals surface area contributed by atoms with E-state index < -0.39 is 6.83 Å². The summed E-state index contributed by atoms with van der Waals surface area (Å²) < 4.78 is 0. The number of hydrogen-bond donors (Lipinski definition) is 5. The summed E-state index contributed by atoms with van der Waals surface area (Å²) in [5.74, 6) is 0. The van der Waals surface area contributed by atoms with Gasteiger partial charge in [0.25, 0.3) is 0 Å². The predicted octanol–water partition coefficient (Wildman–Crippen LogP) is -1.58. The molecule has 0 aromatic heterocycles. The van der Waals surface area contributed by atoms with E-state index >= 15 is 0 Å². The molecule has 0 aromatic rings. The van der Waals surface area contributed by atoms with Crippen LogP contribution in [0.5, 0.6) is 0 Å². The van der Waals surface area contributed by atoms with Crippen LogP contribution in [0, 0.1) is 0 Å². The van der Waals surface area contributed by atoms with Crippen molar-refractivity contribution in [2.24, 2.45) is 0 Å². The number of aliphatic hydroxyl groups is 4. The van der Waals surface area contributed by atoms with Crippen molar-refractivity contribution < 1.29 is 25.3 Å². The summed E-state index contributed by atoms with van der Waals surface area (Å²) in [6.07, 6.45) is 0.696. The quantitative estimate of drug-likeness (QED) is 0.323. The Morgan fingerprint density at radius 2 is 0.786 bits per heavy atom. The summed E-state index contributed by atoms with van der Waals surface area (Å²) in [5, 5.41) is 35.5. The molecule has 0 saturated heterocycles. The first-order valence-electron chi connectivity index (χ1n) is 4.73. The van der Waals surface area contributed by atoms with E-state index in [1.165, 1.54) is 0 Å². The molecule has 5 nitrogen and oxygen atoms in total. The van der Waals surface area contributed by atoms with Gasteiger partial charge in [0.05, 0.1) is 0 Å². The first-order chi connectivity index (χ1) is 6.54. The maximum absolute atomic E-state index is 10.5. The van der Waals surface area contributed by atoms with Crippen molar-refractivity contribution in [3.05, 3.63) is 0 Å². The van der Waals surface area contributed by atoms with Gasteiger partial charge in [0.15, 0.2) is 0 Å². The van der Waals surface area contributed by atoms with Gasteiger partial charge in [0.1, 0.15) is 0 Å². The third kappa shape index (κ3) is 3.77. The second-order valence-corrected chi connectivity index (χ2v) is 9.30. The molecule has 0 spiro atoms. The summed E-state index contributed by atoms with van der Waals surface area (Å²) in [7, 11) is 0. The van der Waals surface area contributed by atoms with Crippen LogP contribution in [0.1, 0.15) is 0 Å². The molecule has 0 atom stereocenters. The standard InChI is InChI=1S/C8H21O5P/c9-1-5-14(13,6-2-10,7-3-11)8-4-12/h9-13H,1-8H2. The normalized spacial score (nSPS) is 15.1. The van der Waals surface area contributed by atoms with E-state index in [0.29, 0.717) is 0 Å². The van der Waals surface area contributed by atoms with Crippen LogP contribution in [-0.4, -0.2) is 76.4 Å². The molecule has 0 aromatic carbocycles. The van der Waals surface area contributed by atoms with Gasteiger partial charge in [-0.3, -0.25) is 0 Å². The minimum atomic E-state index is -3.27. The van der Waals surface area contributed by atoms with Crippen molar-refractivity contribution in [2.75, 3.05) is 51.1 Å². The summed E-state index contributed by atoms with van der Waals surface area (Å²) in [4.78, 5) is 10.5. The molecule has 14 heavy (non-hydrogen) atoms. The monoisotopic (exact) mass is 228 g/mol. The fourth-order valence-electron chi connectivity index (χ4n) is 1.70. The van der Waals surface area contributed by atoms with E-state index in [1.54, 1.807) is 0 Å². The van der Waals surface area contributed by atoms with E-state index in [4.69, 9.17) is 20.4 Å². The van der Waals surface area contributed by atoms with Crippen molar-refractivity contribution >= 4 is 6.83 Å². The Kier molecular flexibility index (Phi) is 6.05. The molecule has 0 aliphatic rings. The Morgan fingerprint density at radius 1 is 0.571 bits per heavy atom. The molecule has 0 radical (unpaired) electrons. The van der Waals surface area contributed by atoms with Crippen LogP contribution in [0.4, 0.5) is 0 Å². The Labute approximate surface area is 84.0 Å². The van der Waals surface area contributed by atoms with Gasteiger partial charge >= 0.3 is 83.2 Å². The van der Waals surface area contributed by atoms with E-state index in [2.05, 4.69) is 0 Å². The first-order valence-corrected chi connectivity index (χ1v) is 7.66. The maximum atomic E-state index is 10.5. The fraction of sp³-hybridized carbons (Fsp3) is 1.00. The van der Waals surface area contributed by atoms with Crippen LogP contribution in [0.3, 0.4) is 0 Å². The van der Waals surface area contributed by atoms with Gasteiger partial charge in [-0.05, 0) is 0 Å². The van der Waals surface area contributed by atoms with Gasteiger partial charge in [-0.2, -0.15) is 0 Å². The van der Waals surface area contributed by atoms with Gasteiger partial charge in [-0.1, -0.05) is 0 Å². The third-order valence-electron chi connectivity index (χ3n) is 2.70. The van der Waals surface area contributed by atoms with Crippen LogP contribution >= 0.6 is 6.83 Å². The van der Waals surface area contributed by atoms with Crippen molar-refractivity contribution in [2.45, 2.75) is 0 Å². The molecule has 6 heteroatoms. The molecule has 0 saturated carbocycles. The van der Waals surface area contributed by atoms with Crippen molar-refractivity contribution in [1.29, 1.82) is 0 Å². The number of rotatable bonds is 8. The SMILES string of the molecule is OCCP(O)(CCO)(CCO)CCO. The molecule has 0 aliphatic heterocycles. The van der Waals surface area contributed by atoms with Crippen LogP contribution < -0.4 is 0 Å². The van der Waals surface area contributed by atoms with Gasteiger partial charge in [-0.15, -0.1) is 0 Å². The van der Waals surface area contributed by atoms with Crippen LogP contribution in [0.15, 0.2) is 0 Å². The van der Waals surface area contributed by atoms with E-state index in [0.717, 1.165) is 0 Å². The summed E-state index contributed by atoms with van der Waals surface area (Å²) in [6.45, 7) is -4.01. The van der Waals surface area contributed by atoms with Crippen LogP contribution in [0.2, 0.25) is 0 Å². The predicted molar refractivity (Wildman–Crippen MR) is 57.0 cm³/mol. The van der Waals surface area contributed by atoms with Gasteiger partial charge in [0, 0.05) is 0 Å². The second kappa shape index (κ2) is 5.95. The van der Waals surface area contributed by atoms with Gasteiger partial charge in [-0.25, -0.2) is 0 Å². The zero-order chi connectivity index (χ0) is 11.1. The van der Waals surface area contributed by atoms with Crippen LogP contribution in [-0.2, 0) is 0 Å². The summed E-state index contributed by atoms with van der Waals surface area (Å²) >= 11 is 0. The molecule has 0 rings (SSSR count). The Balaban J connectivity index is 4.69. The average Bonchev–Trinajstić information content (AvgIpc) is 2.05. The second-order valence-electron chi connectivity index (χ2n) is 3.70. The van der Waals surface area contributed by atoms with Gasteiger partial charge in [0.2, 0.25) is 0 Å². The Hall–Kier alpha value is 0.230. The van der Waals surface area contributed by atoms with E-state index in [9.17, 15) is 4.89 Å².